The molecule has 32 heteroatoms. The highest BCUT2D eigenvalue weighted by atomic mass is 35.5. The van der Waals surface area contributed by atoms with Crippen LogP contribution in [0.2, 0.25) is 5.02 Å². The molecular formula is C118H119ClFN17O12S. The van der Waals surface area contributed by atoms with Crippen LogP contribution in [0.5, 0.6) is 23.0 Å². The van der Waals surface area contributed by atoms with E-state index >= 15 is 0 Å². The number of nitrogens with one attached hydrogen (secondary N) is 5. The number of anilines is 3. The summed E-state index contributed by atoms with van der Waals surface area (Å²) in [7, 11) is 1.64. The number of ether oxygens (including phenoxy) is 4. The fourth-order valence-electron chi connectivity index (χ4n) is 17.9. The summed E-state index contributed by atoms with van der Waals surface area (Å²) < 4.78 is 42.0. The standard InChI is InChI=1S/C22H25FN2O.C20H25N5O3.C19H16ClNO3.C19H17N5.C19H19N3O.C19H17NO4S/c1-15-6-11-20-19(14-15)18-4-2-5-21(22(18)25-20)24-12-3-13-26-17-9-7-16(23)8-10-17;26-17(10-25-6-5-14-3-1-2-4-15(14)9-25)8-21-20(27)18-7-19(23-13-22-18)24-16-11-28-12-16;1-13-8-9-21-15(10-13)11-18(22)19-7-6-17(24-19)12-23-16-4-2-14(20)3-5-16;20-16-8-4-7-15(9-16)10-18-17-11-23-24(19(17)22-13-21-18)12-14-5-2-1-3-6-14;20-13-16-6-3-4-8-18(16)21-19(23)10-12-22-11-9-15-5-1-2-7-17(15)14-22;1-11-7-13(4-6-17(11)24-2)15-10-25-18(20-15)9-12-3-5-16(21)14(8-12)19(22)23/h6-11,14,21,24-25H,2-5,12-13H2,1H3;1-4,7,13,16-17,26H,5-6,8-12H2,(H,21,27)(H,22,23,24);2-10H,11-12H2,1H3;1-9,11,13H,10,12,20H2;1-8H,9-12,14H2,(H,21,23);3-8,10,21H,9H2,1-2H3,(H,22,23)/t;17-;;;;/m.0..../s1. The van der Waals surface area contributed by atoms with Crippen LogP contribution >= 0.6 is 22.9 Å². The smallest absolute Gasteiger partial charge is 0.339 e. The topological polar surface area (TPSA) is 394 Å². The second-order valence-electron chi connectivity index (χ2n) is 37.0. The lowest BCUT2D eigenvalue weighted by Crippen LogP contribution is -2.42. The molecule has 768 valence electrons. The maximum absolute atomic E-state index is 12.9. The zero-order chi connectivity index (χ0) is 105. The van der Waals surface area contributed by atoms with Gasteiger partial charge in [0.15, 0.2) is 11.4 Å². The van der Waals surface area contributed by atoms with Gasteiger partial charge in [0.25, 0.3) is 5.91 Å². The van der Waals surface area contributed by atoms with Crippen LogP contribution in [0.1, 0.15) is 158 Å². The largest absolute Gasteiger partial charge is 0.507 e. The number of carbonyl (C=O) groups excluding carboxylic acids is 3. The summed E-state index contributed by atoms with van der Waals surface area (Å²) in [5.41, 5.74) is 28.4. The number of nitrogen functional groups attached to an aromatic ring is 1. The summed E-state index contributed by atoms with van der Waals surface area (Å²) in [5, 5.41) is 60.9. The summed E-state index contributed by atoms with van der Waals surface area (Å²) in [6.45, 7) is 14.9. The second-order valence-corrected chi connectivity index (χ2v) is 38.4. The number of H-pyrrole nitrogens is 1. The summed E-state index contributed by atoms with van der Waals surface area (Å²) in [5.74, 6) is 1.66. The molecule has 0 saturated carbocycles. The van der Waals surface area contributed by atoms with E-state index < -0.39 is 12.1 Å². The Morgan fingerprint density at radius 3 is 2.17 bits per heavy atom. The van der Waals surface area contributed by atoms with E-state index in [4.69, 9.17) is 51.1 Å². The minimum absolute atomic E-state index is 0.0495. The first-order valence-corrected chi connectivity index (χ1v) is 51.1. The van der Waals surface area contributed by atoms with Crippen molar-refractivity contribution in [3.8, 4) is 40.3 Å². The number of para-hydroxylation sites is 1. The van der Waals surface area contributed by atoms with Crippen molar-refractivity contribution < 1.29 is 62.3 Å². The Morgan fingerprint density at radius 2 is 1.43 bits per heavy atom. The quantitative estimate of drug-likeness (QED) is 0.0107. The number of aliphatic hydroxyl groups is 1. The van der Waals surface area contributed by atoms with Crippen molar-refractivity contribution in [3.05, 3.63) is 414 Å². The van der Waals surface area contributed by atoms with Gasteiger partial charge >= 0.3 is 5.97 Å². The highest BCUT2D eigenvalue weighted by molar-refractivity contribution is 7.10. The average Bonchev–Trinajstić information content (AvgIpc) is 1.63. The number of β-amino-alcohol motifs (C(OH)–C–C–N with tert-alkyl or cyclic N) is 1. The number of fused-ring (bicyclic) bond motifs is 6. The Morgan fingerprint density at radius 1 is 0.707 bits per heavy atom. The molecule has 10 N–H and O–H groups in total. The van der Waals surface area contributed by atoms with Crippen LogP contribution in [0.15, 0.2) is 296 Å². The average molecular weight is 2050 g/mol. The molecule has 1 unspecified atom stereocenters. The van der Waals surface area contributed by atoms with E-state index in [1.54, 1.807) is 98.5 Å². The summed E-state index contributed by atoms with van der Waals surface area (Å²) in [6, 6.07) is 84.0. The second kappa shape index (κ2) is 52.9. The van der Waals surface area contributed by atoms with Gasteiger partial charge < -0.3 is 70.7 Å². The number of nitriles is 1. The molecule has 4 aliphatic rings. The van der Waals surface area contributed by atoms with Gasteiger partial charge in [-0.25, -0.2) is 38.8 Å². The number of carboxylic acids is 1. The van der Waals surface area contributed by atoms with Gasteiger partial charge in [-0.1, -0.05) is 132 Å². The van der Waals surface area contributed by atoms with Crippen LogP contribution in [0.25, 0.3) is 33.2 Å². The van der Waals surface area contributed by atoms with E-state index in [2.05, 4.69) is 163 Å². The van der Waals surface area contributed by atoms with Gasteiger partial charge in [0.05, 0.1) is 91.3 Å². The molecule has 7 aromatic heterocycles. The Hall–Kier alpha value is -16.2. The van der Waals surface area contributed by atoms with Gasteiger partial charge in [0.1, 0.15) is 77.0 Å². The third kappa shape index (κ3) is 30.5. The molecule has 3 aliphatic heterocycles. The Kier molecular flexibility index (Phi) is 37.6. The van der Waals surface area contributed by atoms with E-state index in [1.807, 2.05) is 109 Å². The van der Waals surface area contributed by atoms with Crippen molar-refractivity contribution in [1.82, 2.24) is 65.1 Å². The van der Waals surface area contributed by atoms with Crippen molar-refractivity contribution in [1.29, 1.82) is 5.26 Å². The van der Waals surface area contributed by atoms with Crippen molar-refractivity contribution in [2.24, 2.45) is 0 Å². The molecule has 10 aromatic carbocycles. The van der Waals surface area contributed by atoms with E-state index in [9.17, 15) is 33.8 Å². The first-order chi connectivity index (χ1) is 73.0. The first-order valence-electron chi connectivity index (χ1n) is 49.8. The third-order valence-corrected chi connectivity index (χ3v) is 26.9. The lowest BCUT2D eigenvalue weighted by molar-refractivity contribution is -0.116. The Balaban J connectivity index is 0.000000128. The zero-order valence-electron chi connectivity index (χ0n) is 83.9. The van der Waals surface area contributed by atoms with Crippen LogP contribution in [-0.2, 0) is 74.3 Å². The molecule has 10 heterocycles. The number of aromatic carboxylic acids is 1. The number of phenols is 1. The van der Waals surface area contributed by atoms with E-state index in [0.29, 0.717) is 97.6 Å². The van der Waals surface area contributed by atoms with Gasteiger partial charge in [0.2, 0.25) is 11.7 Å². The van der Waals surface area contributed by atoms with Crippen molar-refractivity contribution in [2.75, 3.05) is 82.6 Å². The number of aliphatic hydroxyl groups excluding tert-OH is 1. The summed E-state index contributed by atoms with van der Waals surface area (Å²) in [4.78, 5) is 81.8. The lowest BCUT2D eigenvalue weighted by atomic mass is 9.91. The fourth-order valence-corrected chi connectivity index (χ4v) is 18.9. The number of thiazole rings is 1. The number of benzene rings is 10. The normalized spacial score (nSPS) is 13.6. The van der Waals surface area contributed by atoms with Gasteiger partial charge in [-0.3, -0.25) is 29.2 Å². The fraction of sp³-hybridized carbons (Fsp3) is 0.254. The number of rotatable bonds is 32. The number of pyridine rings is 1. The molecule has 0 spiro atoms. The first kappa shape index (κ1) is 107. The molecule has 17 aromatic rings. The van der Waals surface area contributed by atoms with Crippen LogP contribution in [0, 0.1) is 37.9 Å². The number of aryl methyl sites for hydroxylation is 4. The molecular weight excluding hydrogens is 1930 g/mol. The number of ketones is 1. The molecule has 29 nitrogen and oxygen atoms in total. The number of furan rings is 1. The molecule has 1 saturated heterocycles. The van der Waals surface area contributed by atoms with E-state index in [0.717, 1.165) is 149 Å². The number of hydrogen-bond acceptors (Lipinski definition) is 25. The molecule has 2 amide bonds. The SMILES string of the molecule is COc1ccc(-c2csc(Cc3ccc(O)c(C(=O)O)c3)n2)cc1C.Cc1ccc2[nH]c3c(c2c1)CCCC3NCCCOc1ccc(F)cc1.Cc1ccnc(CC(=O)c2ccc(COc3ccc(Cl)cc3)o2)c1.N#Cc1ccccc1NC(=O)CCN1CCc2ccccc2C1.Nc1cccc(Cc2ncnc3c2cnn3Cc2ccccc2)c1.O=C(NC[C@H](O)CN1CCc2ccccc2C1)c1cc(NC2COC2)ncn1. The zero-order valence-corrected chi connectivity index (χ0v) is 85.5. The van der Waals surface area contributed by atoms with Crippen LogP contribution < -0.4 is 41.2 Å². The number of amides is 2. The summed E-state index contributed by atoms with van der Waals surface area (Å²) >= 11 is 7.35. The number of hydrogen-bond donors (Lipinski definition) is 9. The highest BCUT2D eigenvalue weighted by Gasteiger charge is 2.27. The van der Waals surface area contributed by atoms with Crippen molar-refractivity contribution in [2.45, 2.75) is 129 Å². The number of Topliss-reactive ketones (excluding diaryl/α,β-unsaturated/α-hetero) is 1. The number of aromatic hydroxyl groups is 1. The van der Waals surface area contributed by atoms with Gasteiger partial charge in [-0.2, -0.15) is 10.4 Å². The number of methoxy groups -OCH3 is 1. The predicted molar refractivity (Wildman–Crippen MR) is 580 cm³/mol. The van der Waals surface area contributed by atoms with Gasteiger partial charge in [-0.05, 0) is 261 Å². The minimum Gasteiger partial charge on any atom is -0.507 e. The molecule has 1 fully saturated rings. The maximum atomic E-state index is 12.9. The number of aromatic nitrogens is 9. The highest BCUT2D eigenvalue weighted by Crippen LogP contribution is 2.37. The Bertz CT molecular complexity index is 7480. The number of nitrogens with two attached hydrogens (primary N) is 1. The van der Waals surface area contributed by atoms with Crippen molar-refractivity contribution in [3.63, 3.8) is 0 Å². The number of aromatic amines is 1. The molecule has 1 aliphatic carbocycles. The van der Waals surface area contributed by atoms with Gasteiger partial charge in [-0.15, -0.1) is 11.3 Å². The molecule has 0 bridgehead atoms. The molecule has 150 heavy (non-hydrogen) atoms. The molecule has 2 atom stereocenters. The third-order valence-electron chi connectivity index (χ3n) is 25.8. The van der Waals surface area contributed by atoms with Crippen LogP contribution in [-0.4, -0.2) is 172 Å². The number of carboxylic acid groups (broad SMARTS) is 1. The number of halogens is 2. The molecule has 0 radical (unpaired) electrons. The number of carbonyl (C=O) groups is 4. The molecule has 21 rings (SSSR count). The van der Waals surface area contributed by atoms with E-state index in [-0.39, 0.29) is 66.0 Å². The number of nitrogens with zero attached hydrogens (tertiary/aromatic N) is 11. The lowest BCUT2D eigenvalue weighted by Gasteiger charge is -2.30. The van der Waals surface area contributed by atoms with Gasteiger partial charge in [0, 0.05) is 127 Å². The van der Waals surface area contributed by atoms with Crippen LogP contribution in [0.4, 0.5) is 21.6 Å². The maximum Gasteiger partial charge on any atom is 0.339 e. The predicted octanol–water partition coefficient (Wildman–Crippen LogP) is 20.2. The summed E-state index contributed by atoms with van der Waals surface area (Å²) in [6.07, 6.45) is 14.2. The minimum atomic E-state index is -1.15. The monoisotopic (exact) mass is 2050 g/mol. The Labute approximate surface area is 878 Å². The van der Waals surface area contributed by atoms with E-state index in [1.165, 1.54) is 104 Å². The van der Waals surface area contributed by atoms with Crippen LogP contribution in [0.3, 0.4) is 0 Å². The van der Waals surface area contributed by atoms with Crippen molar-refractivity contribution >= 4 is 85.6 Å².